The fourth-order valence-corrected chi connectivity index (χ4v) is 4.48. The number of aryl methyl sites for hydroxylation is 1. The Labute approximate surface area is 162 Å². The minimum absolute atomic E-state index is 0.116. The number of hydrogen-bond acceptors (Lipinski definition) is 6. The lowest BCUT2D eigenvalue weighted by molar-refractivity contribution is 0.150. The number of nitrogens with two attached hydrogens (primary N) is 1. The Hall–Kier alpha value is -3.00. The second-order valence-electron chi connectivity index (χ2n) is 7.70. The van der Waals surface area contributed by atoms with Crippen LogP contribution >= 0.6 is 0 Å². The number of aromatic nitrogens is 3. The largest absolute Gasteiger partial charge is 0.441 e. The third-order valence-corrected chi connectivity index (χ3v) is 5.73. The first-order valence-corrected chi connectivity index (χ1v) is 9.62. The number of carbonyl (C=O) groups excluding carboxylic acids is 1. The van der Waals surface area contributed by atoms with E-state index < -0.39 is 0 Å². The zero-order valence-corrected chi connectivity index (χ0v) is 15.6. The highest BCUT2D eigenvalue weighted by molar-refractivity contribution is 5.92. The lowest BCUT2D eigenvalue weighted by atomic mass is 9.99. The summed E-state index contributed by atoms with van der Waals surface area (Å²) < 4.78 is 5.60. The quantitative estimate of drug-likeness (QED) is 0.709. The zero-order valence-electron chi connectivity index (χ0n) is 15.6. The summed E-state index contributed by atoms with van der Waals surface area (Å²) in [4.78, 5) is 18.9. The van der Waals surface area contributed by atoms with Gasteiger partial charge in [0.25, 0.3) is 0 Å². The van der Waals surface area contributed by atoms with Crippen molar-refractivity contribution >= 4 is 22.8 Å². The van der Waals surface area contributed by atoms with E-state index in [1.807, 2.05) is 36.1 Å². The second-order valence-corrected chi connectivity index (χ2v) is 7.70. The minimum atomic E-state index is -0.116. The predicted molar refractivity (Wildman–Crippen MR) is 105 cm³/mol. The molecule has 2 amide bonds. The summed E-state index contributed by atoms with van der Waals surface area (Å²) in [5, 5.41) is 12.2. The van der Waals surface area contributed by atoms with Crippen molar-refractivity contribution in [3.63, 3.8) is 0 Å². The van der Waals surface area contributed by atoms with Gasteiger partial charge in [-0.25, -0.2) is 9.78 Å². The van der Waals surface area contributed by atoms with E-state index in [2.05, 4.69) is 20.5 Å². The number of piperidine rings is 1. The van der Waals surface area contributed by atoms with Gasteiger partial charge in [0.05, 0.1) is 11.7 Å². The van der Waals surface area contributed by atoms with Gasteiger partial charge in [0, 0.05) is 36.0 Å². The highest BCUT2D eigenvalue weighted by Gasteiger charge is 2.42. The number of anilines is 1. The maximum atomic E-state index is 12.8. The fraction of sp³-hybridized carbons (Fsp3) is 0.400. The molecule has 2 aromatic heterocycles. The van der Waals surface area contributed by atoms with Crippen LogP contribution in [-0.4, -0.2) is 44.2 Å². The number of benzene rings is 1. The van der Waals surface area contributed by atoms with Crippen LogP contribution in [0.5, 0.6) is 0 Å². The third kappa shape index (κ3) is 2.99. The molecular formula is C20H22N6O2. The number of fused-ring (bicyclic) bond motifs is 3. The molecule has 3 N–H and O–H groups in total. The van der Waals surface area contributed by atoms with Crippen molar-refractivity contribution in [2.24, 2.45) is 5.73 Å². The molecule has 3 aromatic rings. The van der Waals surface area contributed by atoms with Crippen LogP contribution in [-0.2, 0) is 0 Å². The molecule has 2 atom stereocenters. The van der Waals surface area contributed by atoms with Crippen LogP contribution in [0, 0.1) is 6.92 Å². The zero-order chi connectivity index (χ0) is 19.3. The molecule has 4 heterocycles. The Balaban J connectivity index is 1.39. The number of nitrogens with one attached hydrogen (secondary N) is 1. The minimum Gasteiger partial charge on any atom is -0.441 e. The second kappa shape index (κ2) is 6.56. The molecular weight excluding hydrogens is 356 g/mol. The number of oxazole rings is 1. The summed E-state index contributed by atoms with van der Waals surface area (Å²) in [6.07, 6.45) is 5.48. The summed E-state index contributed by atoms with van der Waals surface area (Å²) in [5.41, 5.74) is 7.76. The highest BCUT2D eigenvalue weighted by atomic mass is 16.4. The molecule has 28 heavy (non-hydrogen) atoms. The molecule has 2 fully saturated rings. The van der Waals surface area contributed by atoms with Crippen molar-refractivity contribution in [3.8, 4) is 11.3 Å². The van der Waals surface area contributed by atoms with Gasteiger partial charge in [-0.2, -0.15) is 0 Å². The summed E-state index contributed by atoms with van der Waals surface area (Å²) in [5.74, 6) is 1.76. The number of amides is 2. The molecule has 2 bridgehead atoms. The van der Waals surface area contributed by atoms with Gasteiger partial charge in [-0.05, 0) is 49.9 Å². The van der Waals surface area contributed by atoms with Crippen molar-refractivity contribution in [1.82, 2.24) is 20.1 Å². The van der Waals surface area contributed by atoms with Crippen LogP contribution in [0.15, 0.2) is 34.9 Å². The van der Waals surface area contributed by atoms with Crippen LogP contribution in [0.3, 0.4) is 0 Å². The van der Waals surface area contributed by atoms with Crippen LogP contribution in [0.25, 0.3) is 22.2 Å². The molecule has 5 rings (SSSR count). The van der Waals surface area contributed by atoms with Gasteiger partial charge in [-0.1, -0.05) is 0 Å². The van der Waals surface area contributed by atoms with E-state index in [1.165, 1.54) is 0 Å². The van der Waals surface area contributed by atoms with Crippen molar-refractivity contribution in [2.75, 3.05) is 5.32 Å². The Morgan fingerprint density at radius 2 is 2.00 bits per heavy atom. The van der Waals surface area contributed by atoms with Crippen molar-refractivity contribution in [1.29, 1.82) is 0 Å². The van der Waals surface area contributed by atoms with E-state index in [9.17, 15) is 4.79 Å². The molecule has 0 spiro atoms. The molecule has 8 heteroatoms. The Bertz CT molecular complexity index is 1030. The van der Waals surface area contributed by atoms with Gasteiger partial charge < -0.3 is 15.1 Å². The Morgan fingerprint density at radius 1 is 1.21 bits per heavy atom. The SMILES string of the molecule is Cc1ncc(-c2ccc3nnc(NC(=O)N4C5CCC4CC(N)C5)cc3c2)o1. The maximum Gasteiger partial charge on any atom is 0.323 e. The number of nitrogens with zero attached hydrogens (tertiary/aromatic N) is 4. The van der Waals surface area contributed by atoms with Crippen LogP contribution < -0.4 is 11.1 Å². The summed E-state index contributed by atoms with van der Waals surface area (Å²) in [6, 6.07) is 8.13. The van der Waals surface area contributed by atoms with Crippen LogP contribution in [0.1, 0.15) is 31.6 Å². The number of rotatable bonds is 2. The molecule has 0 radical (unpaired) electrons. The first-order chi connectivity index (χ1) is 13.6. The van der Waals surface area contributed by atoms with E-state index in [1.54, 1.807) is 6.20 Å². The van der Waals surface area contributed by atoms with E-state index in [-0.39, 0.29) is 24.2 Å². The number of carbonyl (C=O) groups is 1. The van der Waals surface area contributed by atoms with E-state index in [4.69, 9.17) is 10.2 Å². The van der Waals surface area contributed by atoms with Gasteiger partial charge in [0.2, 0.25) is 0 Å². The molecule has 2 aliphatic rings. The van der Waals surface area contributed by atoms with Crippen molar-refractivity contribution < 1.29 is 9.21 Å². The average Bonchev–Trinajstić information content (AvgIpc) is 3.22. The Morgan fingerprint density at radius 3 is 2.71 bits per heavy atom. The fourth-order valence-electron chi connectivity index (χ4n) is 4.48. The highest BCUT2D eigenvalue weighted by Crippen LogP contribution is 2.35. The average molecular weight is 378 g/mol. The van der Waals surface area contributed by atoms with Gasteiger partial charge in [0.15, 0.2) is 17.5 Å². The molecule has 0 aliphatic carbocycles. The standard InChI is InChI=1S/C20H22N6O2/c1-11-22-10-18(28-11)12-2-5-17-13(6-12)7-19(25-24-17)23-20(27)26-15-3-4-16(26)9-14(21)8-15/h2,5-7,10,14-16H,3-4,8-9,21H2,1H3,(H,23,25,27). The molecule has 2 aliphatic heterocycles. The van der Waals surface area contributed by atoms with E-state index in [0.29, 0.717) is 17.5 Å². The maximum absolute atomic E-state index is 12.8. The lowest BCUT2D eigenvalue weighted by Crippen LogP contribution is -2.51. The number of urea groups is 1. The van der Waals surface area contributed by atoms with Gasteiger partial charge >= 0.3 is 6.03 Å². The van der Waals surface area contributed by atoms with Gasteiger partial charge in [0.1, 0.15) is 0 Å². The van der Waals surface area contributed by atoms with Gasteiger partial charge in [-0.15, -0.1) is 10.2 Å². The van der Waals surface area contributed by atoms with Crippen molar-refractivity contribution in [2.45, 2.75) is 50.7 Å². The molecule has 8 nitrogen and oxygen atoms in total. The molecule has 144 valence electrons. The van der Waals surface area contributed by atoms with E-state index >= 15 is 0 Å². The molecule has 2 saturated heterocycles. The summed E-state index contributed by atoms with van der Waals surface area (Å²) in [6.45, 7) is 1.81. The predicted octanol–water partition coefficient (Wildman–Crippen LogP) is 3.08. The normalized spacial score (nSPS) is 23.9. The summed E-state index contributed by atoms with van der Waals surface area (Å²) in [7, 11) is 0. The number of hydrogen-bond donors (Lipinski definition) is 2. The van der Waals surface area contributed by atoms with Crippen LogP contribution in [0.4, 0.5) is 10.6 Å². The first kappa shape index (κ1) is 17.1. The topological polar surface area (TPSA) is 110 Å². The first-order valence-electron chi connectivity index (χ1n) is 9.62. The monoisotopic (exact) mass is 378 g/mol. The smallest absolute Gasteiger partial charge is 0.323 e. The van der Waals surface area contributed by atoms with Crippen molar-refractivity contribution in [3.05, 3.63) is 36.4 Å². The van der Waals surface area contributed by atoms with E-state index in [0.717, 1.165) is 42.1 Å². The molecule has 1 aromatic carbocycles. The third-order valence-electron chi connectivity index (χ3n) is 5.73. The Kier molecular flexibility index (Phi) is 4.01. The lowest BCUT2D eigenvalue weighted by Gasteiger charge is -2.37. The molecule has 2 unspecified atom stereocenters. The van der Waals surface area contributed by atoms with Crippen LogP contribution in [0.2, 0.25) is 0 Å². The summed E-state index contributed by atoms with van der Waals surface area (Å²) >= 11 is 0. The van der Waals surface area contributed by atoms with Gasteiger partial charge in [-0.3, -0.25) is 5.32 Å². The molecule has 0 saturated carbocycles.